The predicted molar refractivity (Wildman–Crippen MR) is 61.7 cm³/mol. The molecule has 0 fully saturated rings. The van der Waals surface area contributed by atoms with Gasteiger partial charge in [-0.15, -0.1) is 11.3 Å². The molecule has 0 bridgehead atoms. The van der Waals surface area contributed by atoms with E-state index in [1.807, 2.05) is 24.4 Å². The van der Waals surface area contributed by atoms with Crippen LogP contribution in [0, 0.1) is 6.92 Å². The summed E-state index contributed by atoms with van der Waals surface area (Å²) >= 11 is 7.62. The molecule has 0 aliphatic rings. The Balaban J connectivity index is 2.68. The molecule has 0 saturated carbocycles. The molecule has 4 heteroatoms. The molecule has 2 aromatic rings. The molecule has 14 heavy (non-hydrogen) atoms. The minimum atomic E-state index is 0.536. The molecule has 0 atom stereocenters. The molecule has 0 radical (unpaired) electrons. The highest BCUT2D eigenvalue weighted by molar-refractivity contribution is 7.14. The van der Waals surface area contributed by atoms with Gasteiger partial charge in [-0.25, -0.2) is 4.98 Å². The fourth-order valence-corrected chi connectivity index (χ4v) is 2.62. The van der Waals surface area contributed by atoms with Gasteiger partial charge in [-0.1, -0.05) is 11.6 Å². The third kappa shape index (κ3) is 1.49. The van der Waals surface area contributed by atoms with Crippen molar-refractivity contribution in [1.29, 1.82) is 0 Å². The van der Waals surface area contributed by atoms with Crippen molar-refractivity contribution >= 4 is 28.8 Å². The minimum absolute atomic E-state index is 0.536. The number of pyridine rings is 1. The highest BCUT2D eigenvalue weighted by atomic mass is 35.5. The quantitative estimate of drug-likeness (QED) is 0.807. The van der Waals surface area contributed by atoms with Crippen LogP contribution in [0.5, 0.6) is 0 Å². The van der Waals surface area contributed by atoms with Crippen molar-refractivity contribution in [2.75, 3.05) is 5.73 Å². The van der Waals surface area contributed by atoms with Gasteiger partial charge in [-0.2, -0.15) is 0 Å². The van der Waals surface area contributed by atoms with Crippen LogP contribution in [0.2, 0.25) is 5.02 Å². The summed E-state index contributed by atoms with van der Waals surface area (Å²) in [5.41, 5.74) is 7.87. The molecular formula is C10H9ClN2S. The molecule has 2 aromatic heterocycles. The first-order valence-corrected chi connectivity index (χ1v) is 5.40. The number of rotatable bonds is 1. The third-order valence-electron chi connectivity index (χ3n) is 2.03. The zero-order valence-electron chi connectivity index (χ0n) is 7.62. The summed E-state index contributed by atoms with van der Waals surface area (Å²) in [6.07, 6.45) is 1.70. The van der Waals surface area contributed by atoms with Gasteiger partial charge in [-0.05, 0) is 30.0 Å². The van der Waals surface area contributed by atoms with E-state index < -0.39 is 0 Å². The van der Waals surface area contributed by atoms with Gasteiger partial charge >= 0.3 is 0 Å². The smallest absolute Gasteiger partial charge is 0.132 e. The summed E-state index contributed by atoms with van der Waals surface area (Å²) in [5, 5.41) is 2.68. The SMILES string of the molecule is Cc1ccnc(N)c1-c1sccc1Cl. The Morgan fingerprint density at radius 2 is 2.21 bits per heavy atom. The monoisotopic (exact) mass is 224 g/mol. The second-order valence-electron chi connectivity index (χ2n) is 2.99. The Morgan fingerprint density at radius 3 is 2.79 bits per heavy atom. The van der Waals surface area contributed by atoms with Crippen LogP contribution >= 0.6 is 22.9 Å². The first-order valence-electron chi connectivity index (χ1n) is 4.14. The van der Waals surface area contributed by atoms with Crippen molar-refractivity contribution in [3.63, 3.8) is 0 Å². The van der Waals surface area contributed by atoms with E-state index in [4.69, 9.17) is 17.3 Å². The summed E-state index contributed by atoms with van der Waals surface area (Å²) in [4.78, 5) is 5.06. The summed E-state index contributed by atoms with van der Waals surface area (Å²) in [6, 6.07) is 3.80. The maximum Gasteiger partial charge on any atom is 0.132 e. The van der Waals surface area contributed by atoms with Crippen molar-refractivity contribution < 1.29 is 0 Å². The highest BCUT2D eigenvalue weighted by Crippen LogP contribution is 2.37. The molecule has 2 nitrogen and oxygen atoms in total. The molecule has 72 valence electrons. The Morgan fingerprint density at radius 1 is 1.43 bits per heavy atom. The maximum absolute atomic E-state index is 6.05. The summed E-state index contributed by atoms with van der Waals surface area (Å²) in [5.74, 6) is 0.536. The van der Waals surface area contributed by atoms with Crippen molar-refractivity contribution in [2.45, 2.75) is 6.92 Å². The van der Waals surface area contributed by atoms with Crippen molar-refractivity contribution in [2.24, 2.45) is 0 Å². The summed E-state index contributed by atoms with van der Waals surface area (Å²) in [7, 11) is 0. The van der Waals surface area contributed by atoms with Gasteiger partial charge in [0.1, 0.15) is 5.82 Å². The highest BCUT2D eigenvalue weighted by Gasteiger charge is 2.11. The van der Waals surface area contributed by atoms with Gasteiger partial charge in [0.05, 0.1) is 9.90 Å². The fourth-order valence-electron chi connectivity index (χ4n) is 1.35. The molecule has 2 N–H and O–H groups in total. The zero-order valence-corrected chi connectivity index (χ0v) is 9.19. The standard InChI is InChI=1S/C10H9ClN2S/c1-6-2-4-13-10(12)8(6)9-7(11)3-5-14-9/h2-5H,1H3,(H2,12,13). The first kappa shape index (κ1) is 9.49. The average molecular weight is 225 g/mol. The molecule has 2 rings (SSSR count). The fraction of sp³-hybridized carbons (Fsp3) is 0.100. The van der Waals surface area contributed by atoms with Gasteiger partial charge in [-0.3, -0.25) is 0 Å². The van der Waals surface area contributed by atoms with E-state index >= 15 is 0 Å². The molecule has 0 amide bonds. The maximum atomic E-state index is 6.05. The van der Waals surface area contributed by atoms with E-state index in [1.54, 1.807) is 17.5 Å². The van der Waals surface area contributed by atoms with Crippen molar-refractivity contribution in [3.05, 3.63) is 34.3 Å². The second kappa shape index (κ2) is 3.59. The lowest BCUT2D eigenvalue weighted by Gasteiger charge is -2.06. The van der Waals surface area contributed by atoms with E-state index in [0.29, 0.717) is 5.82 Å². The Bertz CT molecular complexity index is 445. The van der Waals surface area contributed by atoms with Crippen molar-refractivity contribution in [3.8, 4) is 10.4 Å². The van der Waals surface area contributed by atoms with Gasteiger partial charge < -0.3 is 5.73 Å². The lowest BCUT2D eigenvalue weighted by atomic mass is 10.1. The summed E-state index contributed by atoms with van der Waals surface area (Å²) < 4.78 is 0. The Hall–Kier alpha value is -1.06. The van der Waals surface area contributed by atoms with Gasteiger partial charge in [0.25, 0.3) is 0 Å². The molecule has 0 unspecified atom stereocenters. The second-order valence-corrected chi connectivity index (χ2v) is 4.31. The van der Waals surface area contributed by atoms with Gasteiger partial charge in [0.2, 0.25) is 0 Å². The molecule has 0 aromatic carbocycles. The molecule has 0 spiro atoms. The third-order valence-corrected chi connectivity index (χ3v) is 3.39. The van der Waals surface area contributed by atoms with E-state index in [0.717, 1.165) is 21.0 Å². The van der Waals surface area contributed by atoms with Gasteiger partial charge in [0.15, 0.2) is 0 Å². The number of nitrogens with zero attached hydrogens (tertiary/aromatic N) is 1. The van der Waals surface area contributed by atoms with Gasteiger partial charge in [0, 0.05) is 11.8 Å². The number of aromatic nitrogens is 1. The lowest BCUT2D eigenvalue weighted by molar-refractivity contribution is 1.30. The molecular weight excluding hydrogens is 216 g/mol. The number of halogens is 1. The zero-order chi connectivity index (χ0) is 10.1. The van der Waals surface area contributed by atoms with E-state index in [-0.39, 0.29) is 0 Å². The van der Waals surface area contributed by atoms with Crippen LogP contribution in [-0.4, -0.2) is 4.98 Å². The number of hydrogen-bond acceptors (Lipinski definition) is 3. The number of hydrogen-bond donors (Lipinski definition) is 1. The lowest BCUT2D eigenvalue weighted by Crippen LogP contribution is -1.94. The molecule has 0 aliphatic heterocycles. The topological polar surface area (TPSA) is 38.9 Å². The number of thiophene rings is 1. The van der Waals surface area contributed by atoms with Crippen molar-refractivity contribution in [1.82, 2.24) is 4.98 Å². The van der Waals surface area contributed by atoms with Crippen LogP contribution in [0.1, 0.15) is 5.56 Å². The van der Waals surface area contributed by atoms with Crippen LogP contribution < -0.4 is 5.73 Å². The van der Waals surface area contributed by atoms with E-state index in [1.165, 1.54) is 0 Å². The van der Waals surface area contributed by atoms with E-state index in [2.05, 4.69) is 4.98 Å². The van der Waals surface area contributed by atoms with Crippen LogP contribution in [-0.2, 0) is 0 Å². The first-order chi connectivity index (χ1) is 6.70. The number of nitrogen functional groups attached to an aromatic ring is 1. The van der Waals surface area contributed by atoms with Crippen LogP contribution in [0.3, 0.4) is 0 Å². The largest absolute Gasteiger partial charge is 0.383 e. The van der Waals surface area contributed by atoms with E-state index in [9.17, 15) is 0 Å². The molecule has 0 saturated heterocycles. The minimum Gasteiger partial charge on any atom is -0.383 e. The number of anilines is 1. The number of aryl methyl sites for hydroxylation is 1. The van der Waals surface area contributed by atoms with Crippen LogP contribution in [0.4, 0.5) is 5.82 Å². The Labute approximate surface area is 91.4 Å². The average Bonchev–Trinajstić information content (AvgIpc) is 2.52. The molecule has 0 aliphatic carbocycles. The molecule has 2 heterocycles. The van der Waals surface area contributed by atoms with Crippen LogP contribution in [0.25, 0.3) is 10.4 Å². The predicted octanol–water partition coefficient (Wildman–Crippen LogP) is 3.35. The Kier molecular flexibility index (Phi) is 2.44. The summed E-state index contributed by atoms with van der Waals surface area (Å²) in [6.45, 7) is 2.00. The van der Waals surface area contributed by atoms with Crippen LogP contribution in [0.15, 0.2) is 23.7 Å². The normalized spacial score (nSPS) is 10.4. The number of nitrogens with two attached hydrogens (primary N) is 1.